The number of benzene rings is 2. The molecule has 1 fully saturated rings. The van der Waals surface area contributed by atoms with Gasteiger partial charge in [0, 0.05) is 25.6 Å². The summed E-state index contributed by atoms with van der Waals surface area (Å²) in [5, 5.41) is 3.16. The van der Waals surface area contributed by atoms with Gasteiger partial charge in [0.1, 0.15) is 11.8 Å². The molecule has 1 atom stereocenters. The summed E-state index contributed by atoms with van der Waals surface area (Å²) in [6.45, 7) is 6.18. The van der Waals surface area contributed by atoms with Gasteiger partial charge in [0.15, 0.2) is 0 Å². The maximum absolute atomic E-state index is 13.7. The Hall–Kier alpha value is -3.07. The lowest BCUT2D eigenvalue weighted by atomic mass is 10.1. The summed E-state index contributed by atoms with van der Waals surface area (Å²) in [5.74, 6) is 0.419. The second-order valence-electron chi connectivity index (χ2n) is 10.5. The number of sulfonamides is 1. The highest BCUT2D eigenvalue weighted by Crippen LogP contribution is 2.25. The van der Waals surface area contributed by atoms with Crippen molar-refractivity contribution in [2.75, 3.05) is 24.2 Å². The zero-order valence-corrected chi connectivity index (χ0v) is 24.7. The number of nitrogens with one attached hydrogen (secondary N) is 1. The van der Waals surface area contributed by atoms with Crippen molar-refractivity contribution in [2.24, 2.45) is 0 Å². The van der Waals surface area contributed by atoms with Crippen LogP contribution in [0.1, 0.15) is 68.6 Å². The van der Waals surface area contributed by atoms with Crippen molar-refractivity contribution in [1.29, 1.82) is 0 Å². The summed E-state index contributed by atoms with van der Waals surface area (Å²) in [6.07, 6.45) is 6.27. The largest absolute Gasteiger partial charge is 0.497 e. The third-order valence-electron chi connectivity index (χ3n) is 7.38. The van der Waals surface area contributed by atoms with E-state index in [1.807, 2.05) is 63.2 Å². The van der Waals surface area contributed by atoms with Crippen LogP contribution in [0.3, 0.4) is 0 Å². The molecule has 0 bridgehead atoms. The van der Waals surface area contributed by atoms with Crippen LogP contribution >= 0.6 is 0 Å². The number of rotatable bonds is 13. The van der Waals surface area contributed by atoms with Crippen LogP contribution < -0.4 is 14.4 Å². The third kappa shape index (κ3) is 8.46. The van der Waals surface area contributed by atoms with Crippen molar-refractivity contribution in [2.45, 2.75) is 84.3 Å². The van der Waals surface area contributed by atoms with Crippen LogP contribution in [0.2, 0.25) is 0 Å². The summed E-state index contributed by atoms with van der Waals surface area (Å²) in [6, 6.07) is 12.7. The Kier molecular flexibility index (Phi) is 10.8. The van der Waals surface area contributed by atoms with E-state index in [0.717, 1.165) is 48.1 Å². The zero-order valence-electron chi connectivity index (χ0n) is 23.9. The number of hydrogen-bond donors (Lipinski definition) is 1. The number of anilines is 1. The molecule has 3 rings (SSSR count). The SMILES string of the molecule is CC[C@@H](C(=O)NC1CCCC1)N(Cc1ccc(OC)cc1)C(=O)CCCN(c1cc(C)ccc1C)S(C)(=O)=O. The molecule has 0 aromatic heterocycles. The molecule has 1 aliphatic carbocycles. The monoisotopic (exact) mass is 557 g/mol. The zero-order chi connectivity index (χ0) is 28.6. The molecule has 1 N–H and O–H groups in total. The maximum Gasteiger partial charge on any atom is 0.243 e. The molecule has 0 unspecified atom stereocenters. The second kappa shape index (κ2) is 13.8. The molecule has 0 spiro atoms. The van der Waals surface area contributed by atoms with Gasteiger partial charge in [0.05, 0.1) is 19.1 Å². The molecule has 39 heavy (non-hydrogen) atoms. The van der Waals surface area contributed by atoms with Crippen molar-refractivity contribution in [3.63, 3.8) is 0 Å². The van der Waals surface area contributed by atoms with Gasteiger partial charge in [-0.3, -0.25) is 13.9 Å². The van der Waals surface area contributed by atoms with Crippen LogP contribution in [-0.4, -0.2) is 57.1 Å². The van der Waals surface area contributed by atoms with Crippen molar-refractivity contribution in [1.82, 2.24) is 10.2 Å². The lowest BCUT2D eigenvalue weighted by Crippen LogP contribution is -2.51. The number of carbonyl (C=O) groups is 2. The van der Waals surface area contributed by atoms with Crippen LogP contribution in [0, 0.1) is 13.8 Å². The number of methoxy groups -OCH3 is 1. The van der Waals surface area contributed by atoms with Crippen LogP contribution in [0.25, 0.3) is 0 Å². The molecule has 0 heterocycles. The average molecular weight is 558 g/mol. The topological polar surface area (TPSA) is 96.0 Å². The number of carbonyl (C=O) groups excluding carboxylic acids is 2. The highest BCUT2D eigenvalue weighted by molar-refractivity contribution is 7.92. The van der Waals surface area contributed by atoms with Gasteiger partial charge in [-0.25, -0.2) is 8.42 Å². The van der Waals surface area contributed by atoms with Crippen molar-refractivity contribution in [3.8, 4) is 5.75 Å². The minimum atomic E-state index is -3.55. The maximum atomic E-state index is 13.7. The highest BCUT2D eigenvalue weighted by Gasteiger charge is 2.31. The number of aryl methyl sites for hydroxylation is 2. The van der Waals surface area contributed by atoms with Gasteiger partial charge in [-0.15, -0.1) is 0 Å². The molecule has 0 aliphatic heterocycles. The Labute approximate surface area is 233 Å². The van der Waals surface area contributed by atoms with Crippen molar-refractivity contribution < 1.29 is 22.7 Å². The normalized spacial score (nSPS) is 14.6. The van der Waals surface area contributed by atoms with E-state index in [9.17, 15) is 18.0 Å². The molecule has 2 aromatic carbocycles. The number of nitrogens with zero attached hydrogens (tertiary/aromatic N) is 2. The van der Waals surface area contributed by atoms with E-state index in [-0.39, 0.29) is 37.4 Å². The number of amides is 2. The van der Waals surface area contributed by atoms with Crippen LogP contribution in [0.4, 0.5) is 5.69 Å². The lowest BCUT2D eigenvalue weighted by Gasteiger charge is -2.32. The highest BCUT2D eigenvalue weighted by atomic mass is 32.2. The van der Waals surface area contributed by atoms with Gasteiger partial charge in [0.2, 0.25) is 21.8 Å². The third-order valence-corrected chi connectivity index (χ3v) is 8.56. The van der Waals surface area contributed by atoms with Crippen LogP contribution in [-0.2, 0) is 26.2 Å². The fraction of sp³-hybridized carbons (Fsp3) is 0.533. The Morgan fingerprint density at radius 2 is 1.74 bits per heavy atom. The smallest absolute Gasteiger partial charge is 0.243 e. The predicted octanol–water partition coefficient (Wildman–Crippen LogP) is 4.72. The molecular formula is C30H43N3O5S. The fourth-order valence-corrected chi connectivity index (χ4v) is 6.20. The molecule has 0 radical (unpaired) electrons. The number of hydrogen-bond acceptors (Lipinski definition) is 5. The summed E-state index contributed by atoms with van der Waals surface area (Å²) in [5.41, 5.74) is 3.34. The Bertz CT molecular complexity index is 1220. The Morgan fingerprint density at radius 3 is 2.33 bits per heavy atom. The molecule has 1 aliphatic rings. The Morgan fingerprint density at radius 1 is 1.08 bits per heavy atom. The van der Waals surface area contributed by atoms with E-state index in [2.05, 4.69) is 5.32 Å². The van der Waals surface area contributed by atoms with Gasteiger partial charge in [-0.05, 0) is 74.4 Å². The van der Waals surface area contributed by atoms with E-state index >= 15 is 0 Å². The van der Waals surface area contributed by atoms with Crippen LogP contribution in [0.5, 0.6) is 5.75 Å². The predicted molar refractivity (Wildman–Crippen MR) is 155 cm³/mol. The van der Waals surface area contributed by atoms with E-state index in [1.165, 1.54) is 10.6 Å². The van der Waals surface area contributed by atoms with E-state index < -0.39 is 16.1 Å². The number of ether oxygens (including phenoxy) is 1. The van der Waals surface area contributed by atoms with E-state index in [0.29, 0.717) is 18.5 Å². The van der Waals surface area contributed by atoms with Gasteiger partial charge >= 0.3 is 0 Å². The van der Waals surface area contributed by atoms with Gasteiger partial charge in [0.25, 0.3) is 0 Å². The van der Waals surface area contributed by atoms with Crippen molar-refractivity contribution in [3.05, 3.63) is 59.2 Å². The van der Waals surface area contributed by atoms with Crippen molar-refractivity contribution >= 4 is 27.5 Å². The first kappa shape index (κ1) is 30.5. The second-order valence-corrected chi connectivity index (χ2v) is 12.4. The van der Waals surface area contributed by atoms with Gasteiger partial charge in [-0.1, -0.05) is 44.0 Å². The van der Waals surface area contributed by atoms with Gasteiger partial charge in [-0.2, -0.15) is 0 Å². The molecule has 214 valence electrons. The van der Waals surface area contributed by atoms with Gasteiger partial charge < -0.3 is 15.0 Å². The molecular weight excluding hydrogens is 514 g/mol. The molecule has 1 saturated carbocycles. The summed E-state index contributed by atoms with van der Waals surface area (Å²) in [7, 11) is -1.95. The van der Waals surface area contributed by atoms with E-state index in [1.54, 1.807) is 12.0 Å². The summed E-state index contributed by atoms with van der Waals surface area (Å²) < 4.78 is 32.0. The molecule has 2 aromatic rings. The summed E-state index contributed by atoms with van der Waals surface area (Å²) in [4.78, 5) is 28.6. The minimum Gasteiger partial charge on any atom is -0.497 e. The molecule has 9 heteroatoms. The quantitative estimate of drug-likeness (QED) is 0.384. The molecule has 8 nitrogen and oxygen atoms in total. The summed E-state index contributed by atoms with van der Waals surface area (Å²) >= 11 is 0. The standard InChI is InChI=1S/C30H43N3O5S/c1-6-27(30(35)31-25-10-7-8-11-25)32(21-24-15-17-26(38-4)18-16-24)29(34)12-9-19-33(39(5,36)37)28-20-22(2)13-14-23(28)3/h13-18,20,25,27H,6-12,19,21H2,1-5H3,(H,31,35)/t27-/m0/s1. The Balaban J connectivity index is 1.78. The average Bonchev–Trinajstić information content (AvgIpc) is 3.40. The van der Waals surface area contributed by atoms with Crippen LogP contribution in [0.15, 0.2) is 42.5 Å². The molecule has 0 saturated heterocycles. The fourth-order valence-electron chi connectivity index (χ4n) is 5.19. The first-order valence-electron chi connectivity index (χ1n) is 13.8. The minimum absolute atomic E-state index is 0.125. The first-order valence-corrected chi connectivity index (χ1v) is 15.7. The molecule has 2 amide bonds. The lowest BCUT2D eigenvalue weighted by molar-refractivity contribution is -0.141. The van der Waals surface area contributed by atoms with E-state index in [4.69, 9.17) is 4.74 Å². The first-order chi connectivity index (χ1) is 18.5.